The molecule has 3 heterocycles. The minimum absolute atomic E-state index is 0.0407. The maximum Gasteiger partial charge on any atom is 0.244 e. The van der Waals surface area contributed by atoms with Gasteiger partial charge in [0.25, 0.3) is 0 Å². The number of benzene rings is 1. The van der Waals surface area contributed by atoms with Crippen molar-refractivity contribution < 1.29 is 13.2 Å². The van der Waals surface area contributed by atoms with Crippen molar-refractivity contribution in [3.8, 4) is 0 Å². The first-order valence-corrected chi connectivity index (χ1v) is 13.9. The molecule has 31 heavy (non-hydrogen) atoms. The summed E-state index contributed by atoms with van der Waals surface area (Å²) in [6, 6.07) is 11.3. The van der Waals surface area contributed by atoms with Crippen molar-refractivity contribution in [3.63, 3.8) is 0 Å². The predicted molar refractivity (Wildman–Crippen MR) is 126 cm³/mol. The van der Waals surface area contributed by atoms with Gasteiger partial charge < -0.3 is 4.90 Å². The second kappa shape index (κ2) is 9.94. The van der Waals surface area contributed by atoms with Crippen molar-refractivity contribution in [3.05, 3.63) is 42.6 Å². The lowest BCUT2D eigenvalue weighted by Gasteiger charge is -2.25. The topological polar surface area (TPSA) is 70.6 Å². The van der Waals surface area contributed by atoms with Crippen LogP contribution in [-0.4, -0.2) is 54.3 Å². The molecule has 4 rings (SSSR count). The molecule has 0 N–H and O–H groups in total. The zero-order chi connectivity index (χ0) is 21.8. The predicted octanol–water partition coefficient (Wildman–Crippen LogP) is 4.27. The average molecular weight is 478 g/mol. The van der Waals surface area contributed by atoms with E-state index in [0.717, 1.165) is 36.3 Å². The molecule has 9 heteroatoms. The minimum atomic E-state index is -3.49. The van der Waals surface area contributed by atoms with Crippen LogP contribution in [-0.2, 0) is 14.8 Å². The highest BCUT2D eigenvalue weighted by molar-refractivity contribution is 8.00. The normalized spacial score (nSPS) is 20.2. The summed E-state index contributed by atoms with van der Waals surface area (Å²) < 4.78 is 27.1. The Morgan fingerprint density at radius 2 is 1.90 bits per heavy atom. The van der Waals surface area contributed by atoms with Crippen LogP contribution in [0.1, 0.15) is 32.6 Å². The summed E-state index contributed by atoms with van der Waals surface area (Å²) in [6.45, 7) is 4.03. The van der Waals surface area contributed by atoms with Gasteiger partial charge in [-0.25, -0.2) is 13.4 Å². The zero-order valence-corrected chi connectivity index (χ0v) is 20.0. The monoisotopic (exact) mass is 477 g/mol. The number of thioether (sulfide) groups is 2. The molecule has 0 bridgehead atoms. The standard InChI is InChI=1S/C22H27N3O3S3/c1-17-11-14-25(19-7-3-4-8-20(19)30-17)22(26)16-29-21-10-9-18(15-23-21)31(27,28)24-12-5-2-6-13-24/h3-4,7-10,15,17H,2,5-6,11-14,16H2,1H3. The van der Waals surface area contributed by atoms with Gasteiger partial charge in [-0.2, -0.15) is 4.31 Å². The first-order chi connectivity index (χ1) is 14.9. The van der Waals surface area contributed by atoms with E-state index in [2.05, 4.69) is 18.0 Å². The Balaban J connectivity index is 1.41. The number of nitrogens with zero attached hydrogens (tertiary/aromatic N) is 3. The lowest BCUT2D eigenvalue weighted by molar-refractivity contribution is -0.116. The molecule has 6 nitrogen and oxygen atoms in total. The molecular weight excluding hydrogens is 450 g/mol. The molecule has 2 aromatic rings. The number of hydrogen-bond acceptors (Lipinski definition) is 6. The molecule has 0 spiro atoms. The van der Waals surface area contributed by atoms with Gasteiger partial charge in [0.15, 0.2) is 0 Å². The molecular formula is C22H27N3O3S3. The van der Waals surface area contributed by atoms with E-state index < -0.39 is 10.0 Å². The fourth-order valence-corrected chi connectivity index (χ4v) is 7.11. The molecule has 0 saturated carbocycles. The largest absolute Gasteiger partial charge is 0.311 e. The molecule has 1 fully saturated rings. The Bertz CT molecular complexity index is 1020. The Labute approximate surface area is 192 Å². The van der Waals surface area contributed by atoms with Crippen LogP contribution in [0.5, 0.6) is 0 Å². The van der Waals surface area contributed by atoms with Crippen LogP contribution < -0.4 is 4.90 Å². The van der Waals surface area contributed by atoms with E-state index in [9.17, 15) is 13.2 Å². The summed E-state index contributed by atoms with van der Waals surface area (Å²) in [7, 11) is -3.49. The number of fused-ring (bicyclic) bond motifs is 1. The van der Waals surface area contributed by atoms with Gasteiger partial charge >= 0.3 is 0 Å². The average Bonchev–Trinajstić information content (AvgIpc) is 2.96. The van der Waals surface area contributed by atoms with Gasteiger partial charge in [0, 0.05) is 36.0 Å². The smallest absolute Gasteiger partial charge is 0.244 e. The van der Waals surface area contributed by atoms with Crippen LogP contribution in [0.2, 0.25) is 0 Å². The third-order valence-corrected chi connectivity index (χ3v) is 9.60. The maximum absolute atomic E-state index is 13.0. The van der Waals surface area contributed by atoms with Crippen molar-refractivity contribution in [2.24, 2.45) is 0 Å². The number of carbonyl (C=O) groups excluding carboxylic acids is 1. The number of piperidine rings is 1. The quantitative estimate of drug-likeness (QED) is 0.599. The van der Waals surface area contributed by atoms with Gasteiger partial charge in [-0.05, 0) is 43.5 Å². The highest BCUT2D eigenvalue weighted by Gasteiger charge is 2.27. The van der Waals surface area contributed by atoms with Crippen LogP contribution in [0.25, 0.3) is 0 Å². The van der Waals surface area contributed by atoms with Crippen LogP contribution in [0, 0.1) is 0 Å². The van der Waals surface area contributed by atoms with Crippen molar-refractivity contribution in [2.75, 3.05) is 30.3 Å². The second-order valence-corrected chi connectivity index (χ2v) is 12.2. The van der Waals surface area contributed by atoms with Gasteiger partial charge in [-0.3, -0.25) is 4.79 Å². The summed E-state index contributed by atoms with van der Waals surface area (Å²) in [5, 5.41) is 1.11. The summed E-state index contributed by atoms with van der Waals surface area (Å²) >= 11 is 3.15. The minimum Gasteiger partial charge on any atom is -0.311 e. The maximum atomic E-state index is 13.0. The first-order valence-electron chi connectivity index (χ1n) is 10.6. The second-order valence-electron chi connectivity index (χ2n) is 7.82. The molecule has 1 saturated heterocycles. The van der Waals surface area contributed by atoms with Gasteiger partial charge in [0.1, 0.15) is 4.90 Å². The van der Waals surface area contributed by atoms with E-state index in [4.69, 9.17) is 0 Å². The fraction of sp³-hybridized carbons (Fsp3) is 0.455. The van der Waals surface area contributed by atoms with E-state index in [0.29, 0.717) is 29.9 Å². The third-order valence-electron chi connectivity index (χ3n) is 5.55. The van der Waals surface area contributed by atoms with Gasteiger partial charge in [0.05, 0.1) is 16.5 Å². The molecule has 1 atom stereocenters. The lowest BCUT2D eigenvalue weighted by Crippen LogP contribution is -2.35. The fourth-order valence-electron chi connectivity index (χ4n) is 3.82. The number of rotatable bonds is 5. The number of pyridine rings is 1. The number of carbonyl (C=O) groups is 1. The molecule has 1 aromatic carbocycles. The number of hydrogen-bond donors (Lipinski definition) is 0. The number of sulfonamides is 1. The molecule has 0 radical (unpaired) electrons. The van der Waals surface area contributed by atoms with Crippen molar-refractivity contribution in [2.45, 2.75) is 52.7 Å². The Kier molecular flexibility index (Phi) is 7.26. The molecule has 1 unspecified atom stereocenters. The molecule has 0 aliphatic carbocycles. The van der Waals surface area contributed by atoms with Gasteiger partial charge in [0.2, 0.25) is 15.9 Å². The Morgan fingerprint density at radius 1 is 1.13 bits per heavy atom. The van der Waals surface area contributed by atoms with Crippen molar-refractivity contribution >= 4 is 45.1 Å². The Morgan fingerprint density at radius 3 is 2.65 bits per heavy atom. The highest BCUT2D eigenvalue weighted by atomic mass is 32.2. The zero-order valence-electron chi connectivity index (χ0n) is 17.6. The Hall–Kier alpha value is -1.55. The van der Waals surface area contributed by atoms with E-state index >= 15 is 0 Å². The van der Waals surface area contributed by atoms with Crippen LogP contribution in [0.15, 0.2) is 57.4 Å². The van der Waals surface area contributed by atoms with Gasteiger partial charge in [-0.1, -0.05) is 37.2 Å². The van der Waals surface area contributed by atoms with Crippen LogP contribution >= 0.6 is 23.5 Å². The van der Waals surface area contributed by atoms with E-state index in [-0.39, 0.29) is 16.6 Å². The van der Waals surface area contributed by atoms with E-state index in [1.807, 2.05) is 34.9 Å². The number of anilines is 1. The number of para-hydroxylation sites is 1. The van der Waals surface area contributed by atoms with Gasteiger partial charge in [-0.15, -0.1) is 11.8 Å². The molecule has 1 aromatic heterocycles. The van der Waals surface area contributed by atoms with Crippen molar-refractivity contribution in [1.29, 1.82) is 0 Å². The molecule has 1 amide bonds. The number of amides is 1. The first kappa shape index (κ1) is 22.6. The lowest BCUT2D eigenvalue weighted by atomic mass is 10.2. The SMILES string of the molecule is CC1CCN(C(=O)CSc2ccc(S(=O)(=O)N3CCCCC3)cn2)c2ccccc2S1. The third kappa shape index (κ3) is 5.27. The molecule has 166 valence electrons. The summed E-state index contributed by atoms with van der Waals surface area (Å²) in [4.78, 5) is 20.5. The summed E-state index contributed by atoms with van der Waals surface area (Å²) in [6.07, 6.45) is 5.24. The van der Waals surface area contributed by atoms with Crippen LogP contribution in [0.3, 0.4) is 0 Å². The van der Waals surface area contributed by atoms with E-state index in [1.54, 1.807) is 16.4 Å². The van der Waals surface area contributed by atoms with Crippen molar-refractivity contribution in [1.82, 2.24) is 9.29 Å². The summed E-state index contributed by atoms with van der Waals surface area (Å²) in [5.74, 6) is 0.303. The van der Waals surface area contributed by atoms with Crippen LogP contribution in [0.4, 0.5) is 5.69 Å². The number of aromatic nitrogens is 1. The summed E-state index contributed by atoms with van der Waals surface area (Å²) in [5.41, 5.74) is 0.971. The molecule has 2 aliphatic heterocycles. The van der Waals surface area contributed by atoms with E-state index in [1.165, 1.54) is 18.0 Å². The molecule has 2 aliphatic rings. The highest BCUT2D eigenvalue weighted by Crippen LogP contribution is 2.37.